The van der Waals surface area contributed by atoms with Crippen LogP contribution in [0, 0.1) is 5.41 Å². The van der Waals surface area contributed by atoms with Crippen LogP contribution in [0.4, 0.5) is 0 Å². The fourth-order valence-corrected chi connectivity index (χ4v) is 2.69. The molecule has 0 aromatic heterocycles. The van der Waals surface area contributed by atoms with Crippen LogP contribution in [0.3, 0.4) is 0 Å². The first-order valence-electron chi connectivity index (χ1n) is 8.20. The number of amides is 1. The van der Waals surface area contributed by atoms with Crippen molar-refractivity contribution in [1.29, 1.82) is 0 Å². The monoisotopic (exact) mass is 304 g/mol. The molecule has 4 heteroatoms. The average Bonchev–Trinajstić information content (AvgIpc) is 2.54. The molecular weight excluding hydrogens is 276 g/mol. The van der Waals surface area contributed by atoms with Crippen LogP contribution >= 0.6 is 0 Å². The van der Waals surface area contributed by atoms with E-state index in [-0.39, 0.29) is 17.4 Å². The summed E-state index contributed by atoms with van der Waals surface area (Å²) in [6.45, 7) is 7.04. The van der Waals surface area contributed by atoms with Crippen molar-refractivity contribution in [2.24, 2.45) is 5.41 Å². The minimum Gasteiger partial charge on any atom is -0.378 e. The van der Waals surface area contributed by atoms with Crippen LogP contribution < -0.4 is 10.6 Å². The van der Waals surface area contributed by atoms with Crippen molar-refractivity contribution in [3.05, 3.63) is 35.9 Å². The Morgan fingerprint density at radius 2 is 2.14 bits per heavy atom. The third-order valence-corrected chi connectivity index (χ3v) is 4.14. The van der Waals surface area contributed by atoms with E-state index in [2.05, 4.69) is 48.7 Å². The molecule has 2 N–H and O–H groups in total. The summed E-state index contributed by atoms with van der Waals surface area (Å²) in [7, 11) is 0. The number of carbonyl (C=O) groups excluding carboxylic acids is 1. The fourth-order valence-electron chi connectivity index (χ4n) is 2.69. The van der Waals surface area contributed by atoms with Crippen molar-refractivity contribution in [3.63, 3.8) is 0 Å². The summed E-state index contributed by atoms with van der Waals surface area (Å²) < 4.78 is 5.33. The van der Waals surface area contributed by atoms with Gasteiger partial charge >= 0.3 is 0 Å². The van der Waals surface area contributed by atoms with Crippen molar-refractivity contribution < 1.29 is 9.53 Å². The summed E-state index contributed by atoms with van der Waals surface area (Å²) in [5.41, 5.74) is 1.49. The van der Waals surface area contributed by atoms with Crippen LogP contribution in [0.1, 0.15) is 32.3 Å². The van der Waals surface area contributed by atoms with Gasteiger partial charge in [-0.25, -0.2) is 0 Å². The lowest BCUT2D eigenvalue weighted by molar-refractivity contribution is -0.126. The molecule has 0 spiro atoms. The molecule has 1 saturated heterocycles. The first-order chi connectivity index (χ1) is 10.6. The highest BCUT2D eigenvalue weighted by Gasteiger charge is 2.24. The van der Waals surface area contributed by atoms with E-state index in [0.29, 0.717) is 19.8 Å². The van der Waals surface area contributed by atoms with Crippen LogP contribution in [0.2, 0.25) is 0 Å². The number of carbonyl (C=O) groups is 1. The first-order valence-corrected chi connectivity index (χ1v) is 8.20. The number of nitrogens with one attached hydrogen (secondary N) is 2. The summed E-state index contributed by atoms with van der Waals surface area (Å²) in [6.07, 6.45) is 3.32. The Balaban J connectivity index is 1.67. The third kappa shape index (κ3) is 5.78. The van der Waals surface area contributed by atoms with Crippen LogP contribution in [0.15, 0.2) is 30.3 Å². The normalized spacial score (nSPS) is 18.9. The largest absolute Gasteiger partial charge is 0.378 e. The molecule has 0 radical (unpaired) electrons. The lowest BCUT2D eigenvalue weighted by Gasteiger charge is -2.28. The van der Waals surface area contributed by atoms with Gasteiger partial charge in [0.25, 0.3) is 0 Å². The summed E-state index contributed by atoms with van der Waals surface area (Å²) >= 11 is 0. The number of morpholine rings is 1. The average molecular weight is 304 g/mol. The van der Waals surface area contributed by atoms with Gasteiger partial charge in [0.05, 0.1) is 13.2 Å². The van der Waals surface area contributed by atoms with Crippen molar-refractivity contribution in [3.8, 4) is 0 Å². The molecule has 0 aliphatic carbocycles. The van der Waals surface area contributed by atoms with Crippen molar-refractivity contribution in [2.45, 2.75) is 39.2 Å². The summed E-state index contributed by atoms with van der Waals surface area (Å²) in [5, 5.41) is 6.24. The van der Waals surface area contributed by atoms with E-state index < -0.39 is 0 Å². The smallest absolute Gasteiger partial charge is 0.239 e. The van der Waals surface area contributed by atoms with Crippen LogP contribution in [0.25, 0.3) is 0 Å². The van der Waals surface area contributed by atoms with Crippen LogP contribution in [0.5, 0.6) is 0 Å². The van der Waals surface area contributed by atoms with Gasteiger partial charge in [-0.3, -0.25) is 4.79 Å². The molecule has 1 aromatic rings. The molecule has 1 aromatic carbocycles. The van der Waals surface area contributed by atoms with Crippen molar-refractivity contribution in [2.75, 3.05) is 26.3 Å². The standard InChI is InChI=1S/C18H28N2O2/c1-18(2,10-6-9-15-7-4-3-5-8-15)14-20-17(21)16-13-22-12-11-19-16/h3-5,7-8,16,19H,6,9-14H2,1-2H3,(H,20,21). The van der Waals surface area contributed by atoms with Gasteiger partial charge < -0.3 is 15.4 Å². The van der Waals surface area contributed by atoms with Gasteiger partial charge in [0, 0.05) is 13.1 Å². The fraction of sp³-hybridized carbons (Fsp3) is 0.611. The lowest BCUT2D eigenvalue weighted by atomic mass is 9.86. The summed E-state index contributed by atoms with van der Waals surface area (Å²) in [4.78, 5) is 12.1. The molecule has 4 nitrogen and oxygen atoms in total. The minimum atomic E-state index is -0.200. The predicted molar refractivity (Wildman–Crippen MR) is 88.8 cm³/mol. The SMILES string of the molecule is CC(C)(CCCc1ccccc1)CNC(=O)C1COCCN1. The molecular formula is C18H28N2O2. The molecule has 1 aliphatic rings. The molecule has 1 heterocycles. The maximum atomic E-state index is 12.1. The molecule has 1 atom stereocenters. The molecule has 0 saturated carbocycles. The van der Waals surface area contributed by atoms with Gasteiger partial charge in [-0.1, -0.05) is 44.2 Å². The summed E-state index contributed by atoms with van der Waals surface area (Å²) in [6, 6.07) is 10.4. The van der Waals surface area contributed by atoms with E-state index in [9.17, 15) is 4.79 Å². The molecule has 1 amide bonds. The van der Waals surface area contributed by atoms with Gasteiger partial charge in [-0.2, -0.15) is 0 Å². The van der Waals surface area contributed by atoms with E-state index in [1.807, 2.05) is 6.07 Å². The second-order valence-corrected chi connectivity index (χ2v) is 6.80. The Hall–Kier alpha value is -1.39. The summed E-state index contributed by atoms with van der Waals surface area (Å²) in [5.74, 6) is 0.0517. The third-order valence-electron chi connectivity index (χ3n) is 4.14. The number of rotatable bonds is 7. The number of ether oxygens (including phenoxy) is 1. The molecule has 1 unspecified atom stereocenters. The van der Waals surface area contributed by atoms with E-state index in [1.54, 1.807) is 0 Å². The van der Waals surface area contributed by atoms with Gasteiger partial charge in [-0.05, 0) is 30.2 Å². The van der Waals surface area contributed by atoms with Gasteiger partial charge in [-0.15, -0.1) is 0 Å². The van der Waals surface area contributed by atoms with Crippen molar-refractivity contribution >= 4 is 5.91 Å². The quantitative estimate of drug-likeness (QED) is 0.811. The molecule has 22 heavy (non-hydrogen) atoms. The minimum absolute atomic E-state index is 0.0517. The zero-order valence-corrected chi connectivity index (χ0v) is 13.7. The highest BCUT2D eigenvalue weighted by molar-refractivity contribution is 5.82. The van der Waals surface area contributed by atoms with E-state index in [1.165, 1.54) is 5.56 Å². The Kier molecular flexibility index (Phi) is 6.40. The predicted octanol–water partition coefficient (Wildman–Crippen LogP) is 2.14. The molecule has 122 valence electrons. The van der Waals surface area contributed by atoms with Gasteiger partial charge in [0.15, 0.2) is 0 Å². The Morgan fingerprint density at radius 1 is 1.36 bits per heavy atom. The molecule has 1 aliphatic heterocycles. The lowest BCUT2D eigenvalue weighted by Crippen LogP contribution is -2.52. The number of aryl methyl sites for hydroxylation is 1. The van der Waals surface area contributed by atoms with Crippen LogP contribution in [-0.4, -0.2) is 38.3 Å². The number of hydrogen-bond acceptors (Lipinski definition) is 3. The molecule has 1 fully saturated rings. The first kappa shape index (κ1) is 17.0. The van der Waals surface area contributed by atoms with Gasteiger partial charge in [0.2, 0.25) is 5.91 Å². The van der Waals surface area contributed by atoms with Crippen molar-refractivity contribution in [1.82, 2.24) is 10.6 Å². The highest BCUT2D eigenvalue weighted by Crippen LogP contribution is 2.22. The number of hydrogen-bond donors (Lipinski definition) is 2. The van der Waals surface area contributed by atoms with E-state index in [4.69, 9.17) is 4.74 Å². The molecule has 2 rings (SSSR count). The zero-order valence-electron chi connectivity index (χ0n) is 13.7. The topological polar surface area (TPSA) is 50.4 Å². The second-order valence-electron chi connectivity index (χ2n) is 6.80. The maximum Gasteiger partial charge on any atom is 0.239 e. The maximum absolute atomic E-state index is 12.1. The highest BCUT2D eigenvalue weighted by atomic mass is 16.5. The Morgan fingerprint density at radius 3 is 2.82 bits per heavy atom. The Labute approximate surface area is 133 Å². The van der Waals surface area contributed by atoms with Crippen LogP contribution in [-0.2, 0) is 16.0 Å². The second kappa shape index (κ2) is 8.30. The zero-order chi connectivity index (χ0) is 15.8. The Bertz CT molecular complexity index is 453. The van der Waals surface area contributed by atoms with Gasteiger partial charge in [0.1, 0.15) is 6.04 Å². The van der Waals surface area contributed by atoms with E-state index in [0.717, 1.165) is 25.8 Å². The van der Waals surface area contributed by atoms with E-state index >= 15 is 0 Å². The number of benzene rings is 1. The molecule has 0 bridgehead atoms.